The number of nitrogens with zero attached hydrogens (tertiary/aromatic N) is 2. The Balaban J connectivity index is 2.06. The van der Waals surface area contributed by atoms with Gasteiger partial charge >= 0.3 is 0 Å². The van der Waals surface area contributed by atoms with Crippen LogP contribution >= 0.6 is 27.3 Å². The van der Waals surface area contributed by atoms with Crippen LogP contribution in [0.4, 0.5) is 5.82 Å². The monoisotopic (exact) mass is 283 g/mol. The summed E-state index contributed by atoms with van der Waals surface area (Å²) in [4.78, 5) is 9.67. The number of thiazole rings is 1. The Morgan fingerprint density at radius 1 is 1.47 bits per heavy atom. The molecule has 0 aliphatic carbocycles. The van der Waals surface area contributed by atoms with Crippen molar-refractivity contribution in [2.45, 2.75) is 13.5 Å². The lowest BCUT2D eigenvalue weighted by Gasteiger charge is -2.05. The van der Waals surface area contributed by atoms with Crippen LogP contribution in [0.15, 0.2) is 28.3 Å². The van der Waals surface area contributed by atoms with E-state index < -0.39 is 0 Å². The van der Waals surface area contributed by atoms with E-state index in [0.717, 1.165) is 22.5 Å². The molecule has 1 N–H and O–H groups in total. The molecular formula is C10H10BrN3S. The van der Waals surface area contributed by atoms with Gasteiger partial charge in [0.05, 0.1) is 22.2 Å². The van der Waals surface area contributed by atoms with E-state index in [4.69, 9.17) is 0 Å². The van der Waals surface area contributed by atoms with Crippen molar-refractivity contribution in [3.05, 3.63) is 38.9 Å². The molecule has 5 heteroatoms. The first kappa shape index (κ1) is 10.6. The minimum absolute atomic E-state index is 0.770. The number of hydrogen-bond acceptors (Lipinski definition) is 4. The molecule has 3 nitrogen and oxygen atoms in total. The molecule has 2 rings (SSSR count). The molecule has 15 heavy (non-hydrogen) atoms. The summed E-state index contributed by atoms with van der Waals surface area (Å²) in [6, 6.07) is 3.86. The van der Waals surface area contributed by atoms with Crippen LogP contribution in [-0.4, -0.2) is 9.97 Å². The Morgan fingerprint density at radius 2 is 2.33 bits per heavy atom. The van der Waals surface area contributed by atoms with Crippen molar-refractivity contribution in [3.63, 3.8) is 0 Å². The summed E-state index contributed by atoms with van der Waals surface area (Å²) in [6.07, 6.45) is 1.77. The first-order chi connectivity index (χ1) is 7.27. The normalized spacial score (nSPS) is 10.3. The lowest BCUT2D eigenvalue weighted by molar-refractivity contribution is 1.09. The van der Waals surface area contributed by atoms with E-state index in [1.54, 1.807) is 17.5 Å². The molecule has 0 bridgehead atoms. The lowest BCUT2D eigenvalue weighted by Crippen LogP contribution is -2.01. The minimum Gasteiger partial charge on any atom is -0.364 e. The predicted molar refractivity (Wildman–Crippen MR) is 66.1 cm³/mol. The fourth-order valence-electron chi connectivity index (χ4n) is 1.18. The average Bonchev–Trinajstić information content (AvgIpc) is 2.63. The van der Waals surface area contributed by atoms with Crippen LogP contribution in [0.25, 0.3) is 0 Å². The molecule has 2 heterocycles. The van der Waals surface area contributed by atoms with E-state index >= 15 is 0 Å². The Kier molecular flexibility index (Phi) is 3.33. The maximum atomic E-state index is 4.23. The third kappa shape index (κ3) is 2.54. The zero-order valence-electron chi connectivity index (χ0n) is 8.20. The molecule has 78 valence electrons. The van der Waals surface area contributed by atoms with Crippen molar-refractivity contribution in [2.24, 2.45) is 0 Å². The smallest absolute Gasteiger partial charge is 0.140 e. The van der Waals surface area contributed by atoms with Gasteiger partial charge in [0.15, 0.2) is 0 Å². The number of halogens is 1. The number of rotatable bonds is 3. The number of aryl methyl sites for hydroxylation is 1. The van der Waals surface area contributed by atoms with E-state index in [1.807, 2.05) is 24.6 Å². The number of aromatic nitrogens is 2. The molecule has 0 fully saturated rings. The summed E-state index contributed by atoms with van der Waals surface area (Å²) in [6.45, 7) is 2.78. The van der Waals surface area contributed by atoms with Crippen LogP contribution in [0.2, 0.25) is 0 Å². The molecule has 0 unspecified atom stereocenters. The molecule has 0 aromatic carbocycles. The van der Waals surface area contributed by atoms with Crippen molar-refractivity contribution in [1.29, 1.82) is 0 Å². The van der Waals surface area contributed by atoms with Crippen LogP contribution in [0, 0.1) is 6.92 Å². The topological polar surface area (TPSA) is 37.8 Å². The van der Waals surface area contributed by atoms with E-state index in [9.17, 15) is 0 Å². The van der Waals surface area contributed by atoms with Gasteiger partial charge in [-0.25, -0.2) is 9.97 Å². The van der Waals surface area contributed by atoms with E-state index in [-0.39, 0.29) is 0 Å². The summed E-state index contributed by atoms with van der Waals surface area (Å²) in [7, 11) is 0. The Bertz CT molecular complexity index is 455. The van der Waals surface area contributed by atoms with Crippen molar-refractivity contribution < 1.29 is 0 Å². The highest BCUT2D eigenvalue weighted by Gasteiger charge is 2.03. The number of hydrogen-bond donors (Lipinski definition) is 1. The molecule has 0 aliphatic heterocycles. The third-order valence-electron chi connectivity index (χ3n) is 2.02. The Morgan fingerprint density at radius 3 is 3.00 bits per heavy atom. The van der Waals surface area contributed by atoms with Gasteiger partial charge in [-0.15, -0.1) is 11.3 Å². The molecular weight excluding hydrogens is 274 g/mol. The van der Waals surface area contributed by atoms with Crippen LogP contribution in [0.1, 0.15) is 10.6 Å². The molecule has 0 radical (unpaired) electrons. The van der Waals surface area contributed by atoms with E-state index in [2.05, 4.69) is 31.2 Å². The fraction of sp³-hybridized carbons (Fsp3) is 0.200. The first-order valence-corrected chi connectivity index (χ1v) is 6.18. The molecule has 0 saturated heterocycles. The maximum Gasteiger partial charge on any atom is 0.140 e. The number of nitrogens with one attached hydrogen (secondary N) is 1. The van der Waals surface area contributed by atoms with Gasteiger partial charge in [0, 0.05) is 11.1 Å². The van der Waals surface area contributed by atoms with Crippen molar-refractivity contribution in [3.8, 4) is 0 Å². The van der Waals surface area contributed by atoms with Crippen LogP contribution < -0.4 is 5.32 Å². The van der Waals surface area contributed by atoms with Gasteiger partial charge < -0.3 is 5.32 Å². The number of pyridine rings is 1. The van der Waals surface area contributed by atoms with Gasteiger partial charge in [-0.2, -0.15) is 0 Å². The standard InChI is InChI=1S/C10H10BrN3S/c1-7-9(15-6-14-7)5-13-10-8(11)3-2-4-12-10/h2-4,6H,5H2,1H3,(H,12,13). The van der Waals surface area contributed by atoms with Gasteiger partial charge in [0.1, 0.15) is 5.82 Å². The zero-order valence-corrected chi connectivity index (χ0v) is 10.6. The summed E-state index contributed by atoms with van der Waals surface area (Å²) < 4.78 is 0.979. The summed E-state index contributed by atoms with van der Waals surface area (Å²) in [5, 5.41) is 3.27. The predicted octanol–water partition coefficient (Wildman–Crippen LogP) is 3.22. The second-order valence-electron chi connectivity index (χ2n) is 3.05. The van der Waals surface area contributed by atoms with Crippen molar-refractivity contribution in [2.75, 3.05) is 5.32 Å². The average molecular weight is 284 g/mol. The second kappa shape index (κ2) is 4.72. The zero-order chi connectivity index (χ0) is 10.7. The Hall–Kier alpha value is -0.940. The summed E-state index contributed by atoms with van der Waals surface area (Å²) in [5.74, 6) is 0.866. The fourth-order valence-corrected chi connectivity index (χ4v) is 2.29. The molecule has 0 amide bonds. The van der Waals surface area contributed by atoms with Gasteiger partial charge in [0.2, 0.25) is 0 Å². The van der Waals surface area contributed by atoms with Gasteiger partial charge in [0.25, 0.3) is 0 Å². The highest BCUT2D eigenvalue weighted by atomic mass is 79.9. The molecule has 0 atom stereocenters. The van der Waals surface area contributed by atoms with E-state index in [0.29, 0.717) is 0 Å². The highest BCUT2D eigenvalue weighted by molar-refractivity contribution is 9.10. The molecule has 2 aromatic heterocycles. The highest BCUT2D eigenvalue weighted by Crippen LogP contribution is 2.20. The van der Waals surface area contributed by atoms with Crippen LogP contribution in [0.3, 0.4) is 0 Å². The largest absolute Gasteiger partial charge is 0.364 e. The van der Waals surface area contributed by atoms with E-state index in [1.165, 1.54) is 4.88 Å². The van der Waals surface area contributed by atoms with Gasteiger partial charge in [-0.1, -0.05) is 0 Å². The lowest BCUT2D eigenvalue weighted by atomic mass is 10.4. The first-order valence-electron chi connectivity index (χ1n) is 4.50. The van der Waals surface area contributed by atoms with Crippen LogP contribution in [-0.2, 0) is 6.54 Å². The van der Waals surface area contributed by atoms with Gasteiger partial charge in [-0.3, -0.25) is 0 Å². The molecule has 0 saturated carbocycles. The quantitative estimate of drug-likeness (QED) is 0.940. The Labute approximate surface area is 101 Å². The SMILES string of the molecule is Cc1ncsc1CNc1ncccc1Br. The molecule has 2 aromatic rings. The van der Waals surface area contributed by atoms with Gasteiger partial charge in [-0.05, 0) is 35.0 Å². The molecule has 0 spiro atoms. The van der Waals surface area contributed by atoms with Crippen molar-refractivity contribution >= 4 is 33.1 Å². The minimum atomic E-state index is 0.770. The third-order valence-corrected chi connectivity index (χ3v) is 3.59. The number of anilines is 1. The summed E-state index contributed by atoms with van der Waals surface area (Å²) in [5.41, 5.74) is 2.94. The van der Waals surface area contributed by atoms with Crippen LogP contribution in [0.5, 0.6) is 0 Å². The summed E-state index contributed by atoms with van der Waals surface area (Å²) >= 11 is 5.10. The van der Waals surface area contributed by atoms with Crippen molar-refractivity contribution in [1.82, 2.24) is 9.97 Å². The second-order valence-corrected chi connectivity index (χ2v) is 4.84. The maximum absolute atomic E-state index is 4.23. The molecule has 0 aliphatic rings.